The Morgan fingerprint density at radius 2 is 2.30 bits per heavy atom. The van der Waals surface area contributed by atoms with Gasteiger partial charge in [-0.2, -0.15) is 0 Å². The van der Waals surface area contributed by atoms with E-state index in [1.54, 1.807) is 6.92 Å². The van der Waals surface area contributed by atoms with Crippen LogP contribution in [-0.4, -0.2) is 29.7 Å². The quantitative estimate of drug-likeness (QED) is 0.469. The first-order valence-corrected chi connectivity index (χ1v) is 3.22. The van der Waals surface area contributed by atoms with Crippen molar-refractivity contribution in [1.29, 1.82) is 0 Å². The van der Waals surface area contributed by atoms with Gasteiger partial charge in [0.1, 0.15) is 5.54 Å². The molecular weight excluding hydrogens is 132 g/mol. The molecule has 1 amide bonds. The molecule has 4 heteroatoms. The highest BCUT2D eigenvalue weighted by atomic mass is 16.3. The smallest absolute Gasteiger partial charge is 0.242 e. The minimum Gasteiger partial charge on any atom is -0.394 e. The second kappa shape index (κ2) is 3.53. The van der Waals surface area contributed by atoms with Crippen molar-refractivity contribution >= 4 is 5.91 Å². The van der Waals surface area contributed by atoms with E-state index < -0.39 is 5.54 Å². The van der Waals surface area contributed by atoms with Crippen molar-refractivity contribution in [3.63, 3.8) is 0 Å². The second-order valence-electron chi connectivity index (χ2n) is 2.44. The fraction of sp³-hybridized carbons (Fsp3) is 0.833. The van der Waals surface area contributed by atoms with Gasteiger partial charge in [-0.3, -0.25) is 4.79 Å². The minimum atomic E-state index is -1.14. The van der Waals surface area contributed by atoms with E-state index in [0.29, 0.717) is 6.54 Å². The van der Waals surface area contributed by atoms with Gasteiger partial charge in [0.05, 0.1) is 6.61 Å². The van der Waals surface area contributed by atoms with E-state index in [1.165, 1.54) is 6.92 Å². The minimum absolute atomic E-state index is 0.322. The Balaban J connectivity index is 3.91. The van der Waals surface area contributed by atoms with Gasteiger partial charge in [-0.1, -0.05) is 0 Å². The molecular formula is C6H14N2O2. The van der Waals surface area contributed by atoms with E-state index in [1.807, 2.05) is 0 Å². The molecule has 0 saturated carbocycles. The third-order valence-corrected chi connectivity index (χ3v) is 1.18. The molecule has 0 aliphatic heterocycles. The van der Waals surface area contributed by atoms with Crippen LogP contribution in [0, 0.1) is 0 Å². The molecule has 10 heavy (non-hydrogen) atoms. The summed E-state index contributed by atoms with van der Waals surface area (Å²) in [6.45, 7) is 3.48. The number of carbonyl (C=O) groups excluding carboxylic acids is 1. The zero-order valence-electron chi connectivity index (χ0n) is 6.35. The van der Waals surface area contributed by atoms with Crippen LogP contribution in [0.25, 0.3) is 0 Å². The van der Waals surface area contributed by atoms with Crippen molar-refractivity contribution in [2.45, 2.75) is 19.4 Å². The lowest BCUT2D eigenvalue weighted by Gasteiger charge is -2.19. The van der Waals surface area contributed by atoms with E-state index in [4.69, 9.17) is 10.8 Å². The molecule has 4 nitrogen and oxygen atoms in total. The molecule has 0 aliphatic carbocycles. The van der Waals surface area contributed by atoms with Crippen LogP contribution in [0.3, 0.4) is 0 Å². The van der Waals surface area contributed by atoms with Crippen LogP contribution in [0.5, 0.6) is 0 Å². The summed E-state index contributed by atoms with van der Waals surface area (Å²) in [5.74, 6) is -0.322. The maximum Gasteiger partial charge on any atom is 0.242 e. The number of aliphatic hydroxyl groups is 1. The summed E-state index contributed by atoms with van der Waals surface area (Å²) in [4.78, 5) is 10.9. The molecule has 0 bridgehead atoms. The Bertz CT molecular complexity index is 123. The SMILES string of the molecule is CCNC(=O)C(C)(N)CO. The molecule has 60 valence electrons. The van der Waals surface area contributed by atoms with Crippen LogP contribution in [0.4, 0.5) is 0 Å². The number of likely N-dealkylation sites (N-methyl/N-ethyl adjacent to an activating group) is 1. The Hall–Kier alpha value is -0.610. The zero-order chi connectivity index (χ0) is 8.20. The van der Waals surface area contributed by atoms with Crippen molar-refractivity contribution < 1.29 is 9.90 Å². The number of nitrogens with two attached hydrogens (primary N) is 1. The normalized spacial score (nSPS) is 16.0. The number of carbonyl (C=O) groups is 1. The topological polar surface area (TPSA) is 75.4 Å². The summed E-state index contributed by atoms with van der Waals surface area (Å²) in [6, 6.07) is 0. The van der Waals surface area contributed by atoms with Crippen molar-refractivity contribution in [2.75, 3.05) is 13.2 Å². The van der Waals surface area contributed by atoms with Crippen LogP contribution in [-0.2, 0) is 4.79 Å². The van der Waals surface area contributed by atoms with Gasteiger partial charge in [0.2, 0.25) is 5.91 Å². The number of hydrogen-bond acceptors (Lipinski definition) is 3. The number of rotatable bonds is 3. The van der Waals surface area contributed by atoms with Crippen LogP contribution in [0.1, 0.15) is 13.8 Å². The molecule has 0 rings (SSSR count). The van der Waals surface area contributed by atoms with Crippen LogP contribution in [0.15, 0.2) is 0 Å². The molecule has 0 aliphatic rings. The fourth-order valence-corrected chi connectivity index (χ4v) is 0.434. The molecule has 1 atom stereocenters. The van der Waals surface area contributed by atoms with Gasteiger partial charge in [0.15, 0.2) is 0 Å². The molecule has 0 aromatic carbocycles. The first-order chi connectivity index (χ1) is 4.54. The monoisotopic (exact) mass is 146 g/mol. The Morgan fingerprint density at radius 1 is 1.80 bits per heavy atom. The Morgan fingerprint density at radius 3 is 2.60 bits per heavy atom. The van der Waals surface area contributed by atoms with E-state index in [-0.39, 0.29) is 12.5 Å². The predicted octanol–water partition coefficient (Wildman–Crippen LogP) is -1.17. The summed E-state index contributed by atoms with van der Waals surface area (Å²) in [5.41, 5.74) is 4.24. The molecule has 0 spiro atoms. The van der Waals surface area contributed by atoms with Gasteiger partial charge >= 0.3 is 0 Å². The van der Waals surface area contributed by atoms with E-state index in [2.05, 4.69) is 5.32 Å². The van der Waals surface area contributed by atoms with Gasteiger partial charge in [-0.25, -0.2) is 0 Å². The third kappa shape index (κ3) is 2.33. The third-order valence-electron chi connectivity index (χ3n) is 1.18. The number of nitrogens with one attached hydrogen (secondary N) is 1. The number of hydrogen-bond donors (Lipinski definition) is 3. The lowest BCUT2D eigenvalue weighted by Crippen LogP contribution is -2.54. The number of amides is 1. The van der Waals surface area contributed by atoms with E-state index in [0.717, 1.165) is 0 Å². The fourth-order valence-electron chi connectivity index (χ4n) is 0.434. The van der Waals surface area contributed by atoms with Crippen LogP contribution in [0.2, 0.25) is 0 Å². The van der Waals surface area contributed by atoms with Crippen molar-refractivity contribution in [2.24, 2.45) is 5.73 Å². The summed E-state index contributed by atoms with van der Waals surface area (Å²) >= 11 is 0. The highest BCUT2D eigenvalue weighted by Gasteiger charge is 2.26. The second-order valence-corrected chi connectivity index (χ2v) is 2.44. The summed E-state index contributed by atoms with van der Waals surface area (Å²) in [6.07, 6.45) is 0. The number of aliphatic hydroxyl groups excluding tert-OH is 1. The van der Waals surface area contributed by atoms with Crippen molar-refractivity contribution in [1.82, 2.24) is 5.32 Å². The maximum atomic E-state index is 10.9. The molecule has 0 fully saturated rings. The lowest BCUT2D eigenvalue weighted by atomic mass is 10.1. The van der Waals surface area contributed by atoms with Gasteiger partial charge < -0.3 is 16.2 Å². The zero-order valence-corrected chi connectivity index (χ0v) is 6.35. The molecule has 0 heterocycles. The van der Waals surface area contributed by atoms with Gasteiger partial charge in [0.25, 0.3) is 0 Å². The molecule has 1 unspecified atom stereocenters. The predicted molar refractivity (Wildman–Crippen MR) is 38.4 cm³/mol. The first kappa shape index (κ1) is 9.39. The van der Waals surface area contributed by atoms with Crippen molar-refractivity contribution in [3.8, 4) is 0 Å². The highest BCUT2D eigenvalue weighted by Crippen LogP contribution is 1.95. The Labute approximate surface area is 60.4 Å². The van der Waals surface area contributed by atoms with Crippen LogP contribution >= 0.6 is 0 Å². The maximum absolute atomic E-state index is 10.9. The van der Waals surface area contributed by atoms with E-state index >= 15 is 0 Å². The van der Waals surface area contributed by atoms with Crippen LogP contribution < -0.4 is 11.1 Å². The average Bonchev–Trinajstić information content (AvgIpc) is 1.89. The highest BCUT2D eigenvalue weighted by molar-refractivity contribution is 5.85. The molecule has 0 aromatic heterocycles. The summed E-state index contributed by atoms with van der Waals surface area (Å²) in [5, 5.41) is 11.1. The van der Waals surface area contributed by atoms with Crippen molar-refractivity contribution in [3.05, 3.63) is 0 Å². The largest absolute Gasteiger partial charge is 0.394 e. The molecule has 4 N–H and O–H groups in total. The summed E-state index contributed by atoms with van der Waals surface area (Å²) in [7, 11) is 0. The lowest BCUT2D eigenvalue weighted by molar-refractivity contribution is -0.126. The molecule has 0 aromatic rings. The molecule has 0 saturated heterocycles. The van der Waals surface area contributed by atoms with Gasteiger partial charge in [-0.05, 0) is 13.8 Å². The van der Waals surface area contributed by atoms with Gasteiger partial charge in [0, 0.05) is 6.54 Å². The van der Waals surface area contributed by atoms with E-state index in [9.17, 15) is 4.79 Å². The average molecular weight is 146 g/mol. The van der Waals surface area contributed by atoms with Gasteiger partial charge in [-0.15, -0.1) is 0 Å². The standard InChI is InChI=1S/C6H14N2O2/c1-3-8-5(10)6(2,7)4-9/h9H,3-4,7H2,1-2H3,(H,8,10). The first-order valence-electron chi connectivity index (χ1n) is 3.22. The molecule has 0 radical (unpaired) electrons. The summed E-state index contributed by atoms with van der Waals surface area (Å²) < 4.78 is 0. The Kier molecular flexibility index (Phi) is 3.32.